The van der Waals surface area contributed by atoms with Crippen LogP contribution in [0.3, 0.4) is 0 Å². The van der Waals surface area contributed by atoms with Gasteiger partial charge in [0.1, 0.15) is 0 Å². The number of fused-ring (bicyclic) bond motifs is 2. The van der Waals surface area contributed by atoms with Crippen molar-refractivity contribution in [3.8, 4) is 0 Å². The van der Waals surface area contributed by atoms with Crippen molar-refractivity contribution in [3.63, 3.8) is 0 Å². The van der Waals surface area contributed by atoms with E-state index in [1.54, 1.807) is 0 Å². The molecular formula is C8H14N2OS. The number of carbonyl (C=O) groups excluding carboxylic acids is 1. The Balaban J connectivity index is 2.04. The molecule has 0 radical (unpaired) electrons. The molecule has 4 heteroatoms. The third-order valence-corrected chi connectivity index (χ3v) is 4.24. The van der Waals surface area contributed by atoms with Crippen LogP contribution in [0.1, 0.15) is 19.8 Å². The maximum atomic E-state index is 11.1. The van der Waals surface area contributed by atoms with Crippen LogP contribution in [0.2, 0.25) is 0 Å². The van der Waals surface area contributed by atoms with Crippen molar-refractivity contribution in [2.45, 2.75) is 37.1 Å². The minimum absolute atomic E-state index is 0.0231. The fraction of sp³-hybridized carbons (Fsp3) is 0.875. The van der Waals surface area contributed by atoms with Gasteiger partial charge in [-0.05, 0) is 12.8 Å². The first-order valence-corrected chi connectivity index (χ1v) is 5.53. The van der Waals surface area contributed by atoms with E-state index in [4.69, 9.17) is 0 Å². The second kappa shape index (κ2) is 3.17. The number of hydrogen-bond donors (Lipinski definition) is 2. The van der Waals surface area contributed by atoms with E-state index < -0.39 is 0 Å². The molecule has 2 amide bonds. The molecule has 3 atom stereocenters. The highest BCUT2D eigenvalue weighted by Gasteiger charge is 2.35. The zero-order valence-electron chi connectivity index (χ0n) is 7.17. The number of carbonyl (C=O) groups is 1. The summed E-state index contributed by atoms with van der Waals surface area (Å²) < 4.78 is 0. The van der Waals surface area contributed by atoms with Crippen LogP contribution in [-0.4, -0.2) is 29.1 Å². The number of hydrogen-bond acceptors (Lipinski definition) is 2. The molecule has 2 bridgehead atoms. The minimum atomic E-state index is 0.0231. The van der Waals surface area contributed by atoms with Crippen molar-refractivity contribution in [1.29, 1.82) is 0 Å². The summed E-state index contributed by atoms with van der Waals surface area (Å²) in [6.07, 6.45) is 2.26. The van der Waals surface area contributed by atoms with E-state index >= 15 is 0 Å². The SMILES string of the molecule is CC[C@@H]1SC[C@H]2C[C@H]1NC(=O)N2. The smallest absolute Gasteiger partial charge is 0.315 e. The maximum Gasteiger partial charge on any atom is 0.315 e. The second-order valence-electron chi connectivity index (χ2n) is 3.44. The lowest BCUT2D eigenvalue weighted by atomic mass is 10.0. The Bertz CT molecular complexity index is 197. The van der Waals surface area contributed by atoms with E-state index in [9.17, 15) is 4.79 Å². The fourth-order valence-electron chi connectivity index (χ4n) is 1.93. The summed E-state index contributed by atoms with van der Waals surface area (Å²) in [5.74, 6) is 1.09. The molecule has 2 aliphatic rings. The van der Waals surface area contributed by atoms with Crippen LogP contribution in [0.15, 0.2) is 0 Å². The first-order chi connectivity index (χ1) is 5.79. The third kappa shape index (κ3) is 1.40. The van der Waals surface area contributed by atoms with Gasteiger partial charge in [-0.25, -0.2) is 4.79 Å². The Morgan fingerprint density at radius 3 is 3.17 bits per heavy atom. The molecule has 0 aromatic rings. The molecule has 2 N–H and O–H groups in total. The number of amides is 2. The molecular weight excluding hydrogens is 172 g/mol. The minimum Gasteiger partial charge on any atom is -0.335 e. The molecule has 0 aromatic carbocycles. The number of nitrogens with one attached hydrogen (secondary N) is 2. The lowest BCUT2D eigenvalue weighted by Crippen LogP contribution is -2.60. The highest BCUT2D eigenvalue weighted by Crippen LogP contribution is 2.29. The summed E-state index contributed by atoms with van der Waals surface area (Å²) >= 11 is 1.98. The Kier molecular flexibility index (Phi) is 2.17. The number of thioether (sulfide) groups is 1. The van der Waals surface area contributed by atoms with Crippen molar-refractivity contribution < 1.29 is 4.79 Å². The molecule has 0 saturated carbocycles. The Morgan fingerprint density at radius 2 is 2.42 bits per heavy atom. The van der Waals surface area contributed by atoms with Gasteiger partial charge in [-0.3, -0.25) is 0 Å². The Hall–Kier alpha value is -0.380. The van der Waals surface area contributed by atoms with Crippen LogP contribution in [0, 0.1) is 0 Å². The largest absolute Gasteiger partial charge is 0.335 e. The van der Waals surface area contributed by atoms with Gasteiger partial charge in [0.05, 0.1) is 0 Å². The normalized spacial score (nSPS) is 40.1. The summed E-state index contributed by atoms with van der Waals surface area (Å²) in [7, 11) is 0. The molecule has 0 unspecified atom stereocenters. The average molecular weight is 186 g/mol. The van der Waals surface area contributed by atoms with Gasteiger partial charge in [-0.1, -0.05) is 6.92 Å². The lowest BCUT2D eigenvalue weighted by Gasteiger charge is -2.40. The standard InChI is InChI=1S/C8H14N2OS/c1-2-7-6-3-5(4-12-7)9-8(11)10-6/h5-7H,2-4H2,1H3,(H2,9,10,11)/t5-,6-,7+/m1/s1. The van der Waals surface area contributed by atoms with E-state index in [1.165, 1.54) is 0 Å². The lowest BCUT2D eigenvalue weighted by molar-refractivity contribution is 0.218. The molecule has 2 rings (SSSR count). The van der Waals surface area contributed by atoms with Gasteiger partial charge in [0, 0.05) is 23.1 Å². The molecule has 2 fully saturated rings. The molecule has 0 spiro atoms. The van der Waals surface area contributed by atoms with Gasteiger partial charge in [-0.15, -0.1) is 0 Å². The predicted octanol–water partition coefficient (Wildman–Crippen LogP) is 0.952. The van der Waals surface area contributed by atoms with Crippen molar-refractivity contribution >= 4 is 17.8 Å². The first kappa shape index (κ1) is 8.23. The van der Waals surface area contributed by atoms with Crippen molar-refractivity contribution in [3.05, 3.63) is 0 Å². The highest BCUT2D eigenvalue weighted by atomic mass is 32.2. The van der Waals surface area contributed by atoms with E-state index in [-0.39, 0.29) is 6.03 Å². The second-order valence-corrected chi connectivity index (χ2v) is 4.71. The van der Waals surface area contributed by atoms with Gasteiger partial charge in [0.25, 0.3) is 0 Å². The number of urea groups is 1. The summed E-state index contributed by atoms with van der Waals surface area (Å²) in [4.78, 5) is 11.1. The monoisotopic (exact) mass is 186 g/mol. The summed E-state index contributed by atoms with van der Waals surface area (Å²) in [5, 5.41) is 6.53. The molecule has 0 aliphatic carbocycles. The van der Waals surface area contributed by atoms with Crippen molar-refractivity contribution in [1.82, 2.24) is 10.6 Å². The van der Waals surface area contributed by atoms with E-state index in [2.05, 4.69) is 17.6 Å². The van der Waals surface area contributed by atoms with Crippen LogP contribution in [0.5, 0.6) is 0 Å². The molecule has 2 aliphatic heterocycles. The zero-order valence-corrected chi connectivity index (χ0v) is 7.99. The molecule has 12 heavy (non-hydrogen) atoms. The quantitative estimate of drug-likeness (QED) is 0.640. The van der Waals surface area contributed by atoms with Gasteiger partial charge < -0.3 is 10.6 Å². The Labute approximate surface area is 76.7 Å². The van der Waals surface area contributed by atoms with E-state index in [0.717, 1.165) is 18.6 Å². The van der Waals surface area contributed by atoms with Crippen LogP contribution >= 0.6 is 11.8 Å². The van der Waals surface area contributed by atoms with Gasteiger partial charge in [0.15, 0.2) is 0 Å². The van der Waals surface area contributed by atoms with Gasteiger partial charge in [-0.2, -0.15) is 11.8 Å². The first-order valence-electron chi connectivity index (χ1n) is 4.48. The predicted molar refractivity (Wildman–Crippen MR) is 50.4 cm³/mol. The van der Waals surface area contributed by atoms with Gasteiger partial charge >= 0.3 is 6.03 Å². The fourth-order valence-corrected chi connectivity index (χ4v) is 3.28. The van der Waals surface area contributed by atoms with Gasteiger partial charge in [0.2, 0.25) is 0 Å². The van der Waals surface area contributed by atoms with Crippen LogP contribution in [0.4, 0.5) is 4.79 Å². The molecule has 2 saturated heterocycles. The summed E-state index contributed by atoms with van der Waals surface area (Å²) in [6.45, 7) is 2.19. The topological polar surface area (TPSA) is 41.1 Å². The van der Waals surface area contributed by atoms with E-state index in [0.29, 0.717) is 17.3 Å². The molecule has 68 valence electrons. The molecule has 3 nitrogen and oxygen atoms in total. The van der Waals surface area contributed by atoms with Crippen LogP contribution in [0.25, 0.3) is 0 Å². The zero-order chi connectivity index (χ0) is 8.55. The highest BCUT2D eigenvalue weighted by molar-refractivity contribution is 8.00. The Morgan fingerprint density at radius 1 is 1.58 bits per heavy atom. The number of rotatable bonds is 1. The van der Waals surface area contributed by atoms with Crippen LogP contribution in [-0.2, 0) is 0 Å². The van der Waals surface area contributed by atoms with Crippen molar-refractivity contribution in [2.75, 3.05) is 5.75 Å². The summed E-state index contributed by atoms with van der Waals surface area (Å²) in [5.41, 5.74) is 0. The van der Waals surface area contributed by atoms with Crippen LogP contribution < -0.4 is 10.6 Å². The maximum absolute atomic E-state index is 11.1. The average Bonchev–Trinajstić information content (AvgIpc) is 2.04. The summed E-state index contributed by atoms with van der Waals surface area (Å²) in [6, 6.07) is 0.846. The molecule has 0 aromatic heterocycles. The van der Waals surface area contributed by atoms with Crippen molar-refractivity contribution in [2.24, 2.45) is 0 Å². The third-order valence-electron chi connectivity index (χ3n) is 2.55. The molecule has 2 heterocycles. The van der Waals surface area contributed by atoms with E-state index in [1.807, 2.05) is 11.8 Å².